The molecule has 3 aromatic carbocycles. The third-order valence-electron chi connectivity index (χ3n) is 4.64. The van der Waals surface area contributed by atoms with Gasteiger partial charge in [0.15, 0.2) is 17.3 Å². The summed E-state index contributed by atoms with van der Waals surface area (Å²) in [5, 5.41) is 10.1. The second-order valence-electron chi connectivity index (χ2n) is 6.57. The number of ketones is 1. The second-order valence-corrected chi connectivity index (χ2v) is 6.57. The highest BCUT2D eigenvalue weighted by molar-refractivity contribution is 6.08. The van der Waals surface area contributed by atoms with Crippen LogP contribution in [0.25, 0.3) is 6.08 Å². The Morgan fingerprint density at radius 1 is 0.903 bits per heavy atom. The van der Waals surface area contributed by atoms with Gasteiger partial charge in [-0.15, -0.1) is 0 Å². The summed E-state index contributed by atoms with van der Waals surface area (Å²) in [6.07, 6.45) is 2.99. The van der Waals surface area contributed by atoms with Crippen molar-refractivity contribution in [2.75, 3.05) is 21.3 Å². The summed E-state index contributed by atoms with van der Waals surface area (Å²) in [4.78, 5) is 12.6. The van der Waals surface area contributed by atoms with E-state index < -0.39 is 0 Å². The molecule has 3 rings (SSSR count). The van der Waals surface area contributed by atoms with Crippen LogP contribution >= 0.6 is 0 Å². The molecule has 0 aliphatic carbocycles. The normalized spacial score (nSPS) is 10.7. The van der Waals surface area contributed by atoms with Gasteiger partial charge in [0.1, 0.15) is 18.1 Å². The molecule has 0 amide bonds. The van der Waals surface area contributed by atoms with Crippen LogP contribution in [0.5, 0.6) is 28.7 Å². The molecule has 6 heteroatoms. The lowest BCUT2D eigenvalue weighted by Gasteiger charge is -2.16. The molecule has 0 radical (unpaired) electrons. The number of phenolic OH excluding ortho intramolecular Hbond substituents is 1. The number of aromatic hydroxyl groups is 1. The Labute approximate surface area is 181 Å². The Balaban J connectivity index is 1.91. The van der Waals surface area contributed by atoms with Gasteiger partial charge in [-0.2, -0.15) is 0 Å². The highest BCUT2D eigenvalue weighted by Gasteiger charge is 2.16. The Kier molecular flexibility index (Phi) is 7.17. The molecule has 0 unspecified atom stereocenters. The largest absolute Gasteiger partial charge is 0.507 e. The summed E-state index contributed by atoms with van der Waals surface area (Å²) in [6.45, 7) is 0.318. The van der Waals surface area contributed by atoms with Gasteiger partial charge in [0.2, 0.25) is 5.75 Å². The average Bonchev–Trinajstić information content (AvgIpc) is 2.81. The zero-order valence-electron chi connectivity index (χ0n) is 17.6. The number of carbonyl (C=O) groups is 1. The number of methoxy groups -OCH3 is 3. The van der Waals surface area contributed by atoms with Crippen LogP contribution in [0, 0.1) is 0 Å². The molecule has 0 saturated heterocycles. The molecule has 0 saturated carbocycles. The molecule has 0 aliphatic heterocycles. The average molecular weight is 420 g/mol. The van der Waals surface area contributed by atoms with Crippen molar-refractivity contribution in [2.24, 2.45) is 0 Å². The van der Waals surface area contributed by atoms with E-state index in [1.165, 1.54) is 32.4 Å². The highest BCUT2D eigenvalue weighted by atomic mass is 16.5. The van der Waals surface area contributed by atoms with Gasteiger partial charge in [-0.25, -0.2) is 0 Å². The molecule has 0 aliphatic rings. The number of carbonyl (C=O) groups excluding carboxylic acids is 1. The molecule has 0 spiro atoms. The lowest BCUT2D eigenvalue weighted by Crippen LogP contribution is -2.01. The first-order valence-corrected chi connectivity index (χ1v) is 9.58. The number of allylic oxidation sites excluding steroid dienone is 1. The molecule has 160 valence electrons. The van der Waals surface area contributed by atoms with Crippen LogP contribution in [-0.4, -0.2) is 32.2 Å². The molecule has 0 fully saturated rings. The van der Waals surface area contributed by atoms with E-state index in [9.17, 15) is 9.90 Å². The summed E-state index contributed by atoms with van der Waals surface area (Å²) in [7, 11) is 4.57. The van der Waals surface area contributed by atoms with E-state index in [4.69, 9.17) is 18.9 Å². The van der Waals surface area contributed by atoms with E-state index in [1.807, 2.05) is 30.3 Å². The van der Waals surface area contributed by atoms with Gasteiger partial charge in [0.25, 0.3) is 0 Å². The zero-order valence-corrected chi connectivity index (χ0v) is 17.6. The fraction of sp³-hybridized carbons (Fsp3) is 0.160. The predicted octanol–water partition coefficient (Wildman–Crippen LogP) is 4.89. The number of hydrogen-bond donors (Lipinski definition) is 1. The maximum atomic E-state index is 12.6. The van der Waals surface area contributed by atoms with Crippen molar-refractivity contribution in [1.82, 2.24) is 0 Å². The van der Waals surface area contributed by atoms with Crippen LogP contribution in [0.15, 0.2) is 66.7 Å². The van der Waals surface area contributed by atoms with Crippen molar-refractivity contribution in [3.05, 3.63) is 83.4 Å². The minimum absolute atomic E-state index is 0.151. The molecule has 0 aromatic heterocycles. The number of rotatable bonds is 9. The Morgan fingerprint density at radius 3 is 2.32 bits per heavy atom. The summed E-state index contributed by atoms with van der Waals surface area (Å²) in [5.41, 5.74) is 1.79. The number of benzene rings is 3. The van der Waals surface area contributed by atoms with Crippen LogP contribution in [-0.2, 0) is 6.61 Å². The van der Waals surface area contributed by atoms with Crippen LogP contribution in [0.2, 0.25) is 0 Å². The zero-order chi connectivity index (χ0) is 22.2. The molecule has 31 heavy (non-hydrogen) atoms. The van der Waals surface area contributed by atoms with Crippen molar-refractivity contribution in [3.63, 3.8) is 0 Å². The quantitative estimate of drug-likeness (QED) is 0.392. The van der Waals surface area contributed by atoms with Crippen molar-refractivity contribution >= 4 is 11.9 Å². The molecule has 0 heterocycles. The second kappa shape index (κ2) is 10.2. The van der Waals surface area contributed by atoms with Crippen molar-refractivity contribution in [1.29, 1.82) is 0 Å². The predicted molar refractivity (Wildman–Crippen MR) is 118 cm³/mol. The van der Waals surface area contributed by atoms with Gasteiger partial charge in [0, 0.05) is 11.6 Å². The van der Waals surface area contributed by atoms with Gasteiger partial charge < -0.3 is 24.1 Å². The summed E-state index contributed by atoms with van der Waals surface area (Å²) in [5.74, 6) is 1.36. The van der Waals surface area contributed by atoms with Gasteiger partial charge >= 0.3 is 0 Å². The van der Waals surface area contributed by atoms with Gasteiger partial charge in [-0.05, 0) is 42.0 Å². The minimum Gasteiger partial charge on any atom is -0.507 e. The van der Waals surface area contributed by atoms with Crippen LogP contribution in [0.1, 0.15) is 21.5 Å². The molecular weight excluding hydrogens is 396 g/mol. The van der Waals surface area contributed by atoms with Gasteiger partial charge in [-0.1, -0.05) is 30.3 Å². The topological polar surface area (TPSA) is 74.2 Å². The van der Waals surface area contributed by atoms with Crippen molar-refractivity contribution < 1.29 is 28.8 Å². The number of hydrogen-bond acceptors (Lipinski definition) is 6. The van der Waals surface area contributed by atoms with E-state index in [-0.39, 0.29) is 17.1 Å². The van der Waals surface area contributed by atoms with Gasteiger partial charge in [0.05, 0.1) is 26.9 Å². The minimum atomic E-state index is -0.357. The number of phenols is 1. The SMILES string of the molecule is COc1ccc(C(=O)/C=C/c2ccc(OC)c(OC)c2OCc2ccccc2)c(O)c1. The Morgan fingerprint density at radius 2 is 1.68 bits per heavy atom. The molecular formula is C25H24O6. The fourth-order valence-electron chi connectivity index (χ4n) is 3.03. The van der Waals surface area contributed by atoms with Gasteiger partial charge in [-0.3, -0.25) is 4.79 Å². The first-order chi connectivity index (χ1) is 15.1. The summed E-state index contributed by atoms with van der Waals surface area (Å²) in [6, 6.07) is 17.8. The lowest BCUT2D eigenvalue weighted by atomic mass is 10.1. The molecule has 0 atom stereocenters. The van der Waals surface area contributed by atoms with Crippen LogP contribution in [0.3, 0.4) is 0 Å². The first kappa shape index (κ1) is 21.8. The van der Waals surface area contributed by atoms with E-state index in [0.29, 0.717) is 35.2 Å². The van der Waals surface area contributed by atoms with Crippen molar-refractivity contribution in [3.8, 4) is 28.7 Å². The molecule has 6 nitrogen and oxygen atoms in total. The lowest BCUT2D eigenvalue weighted by molar-refractivity contribution is 0.104. The first-order valence-electron chi connectivity index (χ1n) is 9.58. The third kappa shape index (κ3) is 5.17. The van der Waals surface area contributed by atoms with Crippen molar-refractivity contribution in [2.45, 2.75) is 6.61 Å². The smallest absolute Gasteiger partial charge is 0.203 e. The van der Waals surface area contributed by atoms with Crippen LogP contribution < -0.4 is 18.9 Å². The monoisotopic (exact) mass is 420 g/mol. The van der Waals surface area contributed by atoms with Crippen LogP contribution in [0.4, 0.5) is 0 Å². The Bertz CT molecular complexity index is 1070. The van der Waals surface area contributed by atoms with E-state index in [0.717, 1.165) is 5.56 Å². The maximum absolute atomic E-state index is 12.6. The van der Waals surface area contributed by atoms with E-state index in [1.54, 1.807) is 31.4 Å². The summed E-state index contributed by atoms with van der Waals surface area (Å²) >= 11 is 0. The summed E-state index contributed by atoms with van der Waals surface area (Å²) < 4.78 is 22.0. The van der Waals surface area contributed by atoms with E-state index >= 15 is 0 Å². The number of ether oxygens (including phenoxy) is 4. The molecule has 0 bridgehead atoms. The molecule has 3 aromatic rings. The Hall–Kier alpha value is -3.93. The fourth-order valence-corrected chi connectivity index (χ4v) is 3.03. The highest BCUT2D eigenvalue weighted by Crippen LogP contribution is 2.41. The molecule has 1 N–H and O–H groups in total. The van der Waals surface area contributed by atoms with E-state index in [2.05, 4.69) is 0 Å². The maximum Gasteiger partial charge on any atom is 0.203 e. The third-order valence-corrected chi connectivity index (χ3v) is 4.64. The standard InChI is InChI=1S/C25H24O6/c1-28-19-11-12-20(22(27)15-19)21(26)13-9-18-10-14-23(29-2)25(30-3)24(18)31-16-17-7-5-4-6-8-17/h4-15,27H,16H2,1-3H3/b13-9+.